The molecular weight excluding hydrogens is 276 g/mol. The average molecular weight is 289 g/mol. The van der Waals surface area contributed by atoms with E-state index in [1.807, 2.05) is 42.5 Å². The molecule has 0 unspecified atom stereocenters. The van der Waals surface area contributed by atoms with Crippen LogP contribution in [0.5, 0.6) is 5.75 Å². The van der Waals surface area contributed by atoms with Crippen molar-refractivity contribution in [2.45, 2.75) is 0 Å². The minimum absolute atomic E-state index is 0.878. The molecule has 2 aromatic rings. The van der Waals surface area contributed by atoms with Gasteiger partial charge in [-0.15, -0.1) is 0 Å². The Morgan fingerprint density at radius 3 is 2.29 bits per heavy atom. The molecule has 0 fully saturated rings. The third-order valence-corrected chi connectivity index (χ3v) is 3.20. The van der Waals surface area contributed by atoms with E-state index in [0.717, 1.165) is 15.8 Å². The van der Waals surface area contributed by atoms with Crippen LogP contribution in [0.2, 0.25) is 0 Å². The molecule has 0 aromatic heterocycles. The minimum Gasteiger partial charge on any atom is -0.497 e. The lowest BCUT2D eigenvalue weighted by Gasteiger charge is -2.00. The number of halogens is 1. The van der Waals surface area contributed by atoms with Gasteiger partial charge in [0.05, 0.1) is 7.11 Å². The standard InChI is InChI=1S/C15H13BrO/c1-17-14-10-7-12(8-11-14)6-9-13-4-2-3-5-15(13)16/h2-11H,1H3. The topological polar surface area (TPSA) is 9.23 Å². The maximum Gasteiger partial charge on any atom is 0.118 e. The van der Waals surface area contributed by atoms with Crippen molar-refractivity contribution in [1.29, 1.82) is 0 Å². The highest BCUT2D eigenvalue weighted by molar-refractivity contribution is 9.10. The number of methoxy groups -OCH3 is 1. The summed E-state index contributed by atoms with van der Waals surface area (Å²) in [6.45, 7) is 0. The van der Waals surface area contributed by atoms with E-state index in [-0.39, 0.29) is 0 Å². The Balaban J connectivity index is 2.17. The molecule has 0 aliphatic carbocycles. The van der Waals surface area contributed by atoms with Crippen LogP contribution in [-0.2, 0) is 0 Å². The van der Waals surface area contributed by atoms with Gasteiger partial charge >= 0.3 is 0 Å². The molecule has 0 bridgehead atoms. The maximum absolute atomic E-state index is 5.12. The fraction of sp³-hybridized carbons (Fsp3) is 0.0667. The predicted molar refractivity (Wildman–Crippen MR) is 76.1 cm³/mol. The Morgan fingerprint density at radius 2 is 1.65 bits per heavy atom. The van der Waals surface area contributed by atoms with Crippen molar-refractivity contribution in [3.05, 3.63) is 64.1 Å². The first-order valence-electron chi connectivity index (χ1n) is 5.36. The van der Waals surface area contributed by atoms with Gasteiger partial charge < -0.3 is 4.74 Å². The molecule has 0 N–H and O–H groups in total. The molecule has 0 heterocycles. The van der Waals surface area contributed by atoms with Gasteiger partial charge in [0.25, 0.3) is 0 Å². The molecule has 0 saturated heterocycles. The molecule has 0 spiro atoms. The second kappa shape index (κ2) is 5.69. The molecule has 0 radical (unpaired) electrons. The van der Waals surface area contributed by atoms with Crippen molar-refractivity contribution >= 4 is 28.1 Å². The Morgan fingerprint density at radius 1 is 0.941 bits per heavy atom. The van der Waals surface area contributed by atoms with E-state index in [2.05, 4.69) is 34.1 Å². The lowest BCUT2D eigenvalue weighted by molar-refractivity contribution is 0.415. The van der Waals surface area contributed by atoms with Crippen molar-refractivity contribution in [2.75, 3.05) is 7.11 Å². The lowest BCUT2D eigenvalue weighted by Crippen LogP contribution is -1.81. The van der Waals surface area contributed by atoms with Crippen LogP contribution in [0.3, 0.4) is 0 Å². The van der Waals surface area contributed by atoms with Gasteiger partial charge in [0.1, 0.15) is 5.75 Å². The Bertz CT molecular complexity index is 515. The van der Waals surface area contributed by atoms with E-state index >= 15 is 0 Å². The summed E-state index contributed by atoms with van der Waals surface area (Å²) in [5, 5.41) is 0. The Labute approximate surface area is 110 Å². The molecule has 0 saturated carbocycles. The summed E-state index contributed by atoms with van der Waals surface area (Å²) in [5.41, 5.74) is 2.32. The zero-order valence-electron chi connectivity index (χ0n) is 9.56. The quantitative estimate of drug-likeness (QED) is 0.749. The monoisotopic (exact) mass is 288 g/mol. The molecule has 0 amide bonds. The molecule has 1 nitrogen and oxygen atoms in total. The molecule has 2 heteroatoms. The van der Waals surface area contributed by atoms with Crippen LogP contribution in [0.1, 0.15) is 11.1 Å². The first-order valence-corrected chi connectivity index (χ1v) is 6.15. The van der Waals surface area contributed by atoms with E-state index < -0.39 is 0 Å². The number of hydrogen-bond acceptors (Lipinski definition) is 1. The van der Waals surface area contributed by atoms with Gasteiger partial charge in [-0.25, -0.2) is 0 Å². The van der Waals surface area contributed by atoms with Gasteiger partial charge in [0.15, 0.2) is 0 Å². The van der Waals surface area contributed by atoms with Gasteiger partial charge in [0, 0.05) is 4.47 Å². The summed E-state index contributed by atoms with van der Waals surface area (Å²) in [4.78, 5) is 0. The fourth-order valence-electron chi connectivity index (χ4n) is 1.51. The summed E-state index contributed by atoms with van der Waals surface area (Å²) in [6.07, 6.45) is 4.17. The molecule has 17 heavy (non-hydrogen) atoms. The second-order valence-electron chi connectivity index (χ2n) is 3.63. The molecule has 0 aliphatic rings. The van der Waals surface area contributed by atoms with Crippen LogP contribution in [0.4, 0.5) is 0 Å². The third-order valence-electron chi connectivity index (χ3n) is 2.48. The van der Waals surface area contributed by atoms with Crippen LogP contribution >= 0.6 is 15.9 Å². The molecule has 2 rings (SSSR count). The summed E-state index contributed by atoms with van der Waals surface area (Å²) in [7, 11) is 1.67. The smallest absolute Gasteiger partial charge is 0.118 e. The van der Waals surface area contributed by atoms with Crippen LogP contribution in [-0.4, -0.2) is 7.11 Å². The normalized spacial score (nSPS) is 10.7. The zero-order chi connectivity index (χ0) is 12.1. The van der Waals surface area contributed by atoms with Gasteiger partial charge in [-0.2, -0.15) is 0 Å². The number of hydrogen-bond donors (Lipinski definition) is 0. The highest BCUT2D eigenvalue weighted by Crippen LogP contribution is 2.19. The number of rotatable bonds is 3. The highest BCUT2D eigenvalue weighted by Gasteiger charge is 1.93. The van der Waals surface area contributed by atoms with Gasteiger partial charge in [-0.1, -0.05) is 58.4 Å². The second-order valence-corrected chi connectivity index (χ2v) is 4.48. The predicted octanol–water partition coefficient (Wildman–Crippen LogP) is 4.63. The van der Waals surface area contributed by atoms with Crippen molar-refractivity contribution < 1.29 is 4.74 Å². The van der Waals surface area contributed by atoms with Crippen molar-refractivity contribution in [3.8, 4) is 5.75 Å². The number of benzene rings is 2. The Hall–Kier alpha value is -1.54. The van der Waals surface area contributed by atoms with Gasteiger partial charge in [-0.05, 0) is 29.3 Å². The average Bonchev–Trinajstić information content (AvgIpc) is 2.38. The Kier molecular flexibility index (Phi) is 3.99. The van der Waals surface area contributed by atoms with E-state index in [1.54, 1.807) is 7.11 Å². The lowest BCUT2D eigenvalue weighted by atomic mass is 10.1. The van der Waals surface area contributed by atoms with Crippen LogP contribution in [0.25, 0.3) is 12.2 Å². The van der Waals surface area contributed by atoms with E-state index in [0.29, 0.717) is 0 Å². The van der Waals surface area contributed by atoms with Crippen molar-refractivity contribution in [1.82, 2.24) is 0 Å². The first kappa shape index (κ1) is 11.9. The van der Waals surface area contributed by atoms with Crippen LogP contribution < -0.4 is 4.74 Å². The molecule has 86 valence electrons. The van der Waals surface area contributed by atoms with Crippen molar-refractivity contribution in [3.63, 3.8) is 0 Å². The van der Waals surface area contributed by atoms with Crippen molar-refractivity contribution in [2.24, 2.45) is 0 Å². The molecule has 0 aliphatic heterocycles. The first-order chi connectivity index (χ1) is 8.29. The summed E-state index contributed by atoms with van der Waals surface area (Å²) >= 11 is 3.52. The van der Waals surface area contributed by atoms with Crippen LogP contribution in [0, 0.1) is 0 Å². The molecule has 2 aromatic carbocycles. The van der Waals surface area contributed by atoms with Crippen LogP contribution in [0.15, 0.2) is 53.0 Å². The summed E-state index contributed by atoms with van der Waals surface area (Å²) < 4.78 is 6.22. The van der Waals surface area contributed by atoms with E-state index in [4.69, 9.17) is 4.74 Å². The number of ether oxygens (including phenoxy) is 1. The minimum atomic E-state index is 0.878. The van der Waals surface area contributed by atoms with E-state index in [1.165, 1.54) is 5.56 Å². The largest absolute Gasteiger partial charge is 0.497 e. The molecule has 0 atom stereocenters. The van der Waals surface area contributed by atoms with Gasteiger partial charge in [-0.3, -0.25) is 0 Å². The summed E-state index contributed by atoms with van der Waals surface area (Å²) in [5.74, 6) is 0.878. The highest BCUT2D eigenvalue weighted by atomic mass is 79.9. The van der Waals surface area contributed by atoms with Gasteiger partial charge in [0.2, 0.25) is 0 Å². The molecular formula is C15H13BrO. The SMILES string of the molecule is COc1ccc(C=Cc2ccccc2Br)cc1. The summed E-state index contributed by atoms with van der Waals surface area (Å²) in [6, 6.07) is 16.1. The zero-order valence-corrected chi connectivity index (χ0v) is 11.1. The third kappa shape index (κ3) is 3.21. The fourth-order valence-corrected chi connectivity index (χ4v) is 1.93. The van der Waals surface area contributed by atoms with E-state index in [9.17, 15) is 0 Å². The maximum atomic E-state index is 5.12.